The topological polar surface area (TPSA) is 76.0 Å². The van der Waals surface area contributed by atoms with Gasteiger partial charge in [0.1, 0.15) is 11.5 Å². The van der Waals surface area contributed by atoms with Crippen LogP contribution in [0.5, 0.6) is 11.5 Å². The Hall–Kier alpha value is -1.75. The second-order valence-electron chi connectivity index (χ2n) is 5.72. The van der Waals surface area contributed by atoms with Gasteiger partial charge in [-0.25, -0.2) is 0 Å². The average Bonchev–Trinajstić information content (AvgIpc) is 2.51. The molecule has 5 nitrogen and oxygen atoms in total. The van der Waals surface area contributed by atoms with Gasteiger partial charge >= 0.3 is 5.97 Å². The molecule has 0 aliphatic heterocycles. The average molecular weight is 324 g/mol. The van der Waals surface area contributed by atoms with Gasteiger partial charge in [0, 0.05) is 18.7 Å². The summed E-state index contributed by atoms with van der Waals surface area (Å²) in [6.07, 6.45) is 6.12. The highest BCUT2D eigenvalue weighted by molar-refractivity contribution is 5.73. The third kappa shape index (κ3) is 6.10. The number of phenolic OH excluding ortho intramolecular Hbond substituents is 2. The first-order chi connectivity index (χ1) is 11.0. The molecule has 1 aromatic carbocycles. The maximum Gasteiger partial charge on any atom is 0.309 e. The summed E-state index contributed by atoms with van der Waals surface area (Å²) < 4.78 is 10.2. The predicted molar refractivity (Wildman–Crippen MR) is 88.6 cm³/mol. The number of rotatable bonds is 10. The molecule has 0 fully saturated rings. The first-order valence-corrected chi connectivity index (χ1v) is 8.17. The lowest BCUT2D eigenvalue weighted by atomic mass is 9.94. The summed E-state index contributed by atoms with van der Waals surface area (Å²) >= 11 is 0. The van der Waals surface area contributed by atoms with E-state index in [1.165, 1.54) is 38.5 Å². The fraction of sp³-hybridized carbons (Fsp3) is 0.611. The molecular formula is C18H28O5. The van der Waals surface area contributed by atoms with Crippen molar-refractivity contribution in [1.82, 2.24) is 0 Å². The summed E-state index contributed by atoms with van der Waals surface area (Å²) in [5.41, 5.74) is 1.10. The monoisotopic (exact) mass is 324 g/mol. The molecule has 130 valence electrons. The van der Waals surface area contributed by atoms with Crippen LogP contribution in [-0.4, -0.2) is 30.4 Å². The highest BCUT2D eigenvalue weighted by atomic mass is 16.5. The van der Waals surface area contributed by atoms with Crippen LogP contribution in [-0.2, 0) is 20.7 Å². The van der Waals surface area contributed by atoms with E-state index in [4.69, 9.17) is 4.74 Å². The quantitative estimate of drug-likeness (QED) is 0.505. The van der Waals surface area contributed by atoms with E-state index in [9.17, 15) is 15.0 Å². The molecule has 5 heteroatoms. The zero-order chi connectivity index (χ0) is 17.2. The van der Waals surface area contributed by atoms with E-state index in [0.717, 1.165) is 19.3 Å². The van der Waals surface area contributed by atoms with Crippen LogP contribution in [0.25, 0.3) is 0 Å². The van der Waals surface area contributed by atoms with Gasteiger partial charge in [-0.3, -0.25) is 4.79 Å². The summed E-state index contributed by atoms with van der Waals surface area (Å²) in [4.78, 5) is 11.6. The number of carbonyl (C=O) groups is 1. The summed E-state index contributed by atoms with van der Waals surface area (Å²) in [5, 5.41) is 19.9. The molecule has 1 unspecified atom stereocenters. The van der Waals surface area contributed by atoms with E-state index < -0.39 is 5.97 Å². The Bertz CT molecular complexity index is 498. The maximum absolute atomic E-state index is 11.6. The zero-order valence-electron chi connectivity index (χ0n) is 14.3. The maximum atomic E-state index is 11.6. The van der Waals surface area contributed by atoms with Crippen molar-refractivity contribution in [3.05, 3.63) is 23.3 Å². The van der Waals surface area contributed by atoms with Crippen LogP contribution in [0.4, 0.5) is 0 Å². The van der Waals surface area contributed by atoms with E-state index in [-0.39, 0.29) is 24.0 Å². The number of ether oxygens (including phenoxy) is 2. The van der Waals surface area contributed by atoms with Gasteiger partial charge in [-0.1, -0.05) is 39.0 Å². The second kappa shape index (κ2) is 10.1. The van der Waals surface area contributed by atoms with Gasteiger partial charge in [-0.15, -0.1) is 0 Å². The smallest absolute Gasteiger partial charge is 0.309 e. The molecule has 23 heavy (non-hydrogen) atoms. The van der Waals surface area contributed by atoms with Crippen LogP contribution >= 0.6 is 0 Å². The molecule has 1 aromatic rings. The number of hydrogen-bond donors (Lipinski definition) is 2. The molecule has 0 bridgehead atoms. The van der Waals surface area contributed by atoms with Crippen LogP contribution in [0.3, 0.4) is 0 Å². The molecule has 0 saturated carbocycles. The molecule has 0 heterocycles. The normalized spacial score (nSPS) is 12.1. The minimum atomic E-state index is -0.422. The van der Waals surface area contributed by atoms with Crippen molar-refractivity contribution in [2.75, 3.05) is 14.2 Å². The van der Waals surface area contributed by atoms with Crippen molar-refractivity contribution in [3.63, 3.8) is 0 Å². The lowest BCUT2D eigenvalue weighted by Gasteiger charge is -2.20. The number of methoxy groups -OCH3 is 2. The van der Waals surface area contributed by atoms with Crippen molar-refractivity contribution >= 4 is 5.97 Å². The van der Waals surface area contributed by atoms with Crippen LogP contribution in [0, 0.1) is 0 Å². The fourth-order valence-corrected chi connectivity index (χ4v) is 2.74. The van der Waals surface area contributed by atoms with E-state index in [2.05, 4.69) is 11.7 Å². The third-order valence-corrected chi connectivity index (χ3v) is 3.97. The molecule has 1 atom stereocenters. The molecule has 2 N–H and O–H groups in total. The number of carbonyl (C=O) groups excluding carboxylic acids is 1. The highest BCUT2D eigenvalue weighted by Crippen LogP contribution is 2.36. The number of benzene rings is 1. The Morgan fingerprint density at radius 1 is 1.13 bits per heavy atom. The first-order valence-electron chi connectivity index (χ1n) is 8.17. The molecule has 0 aromatic heterocycles. The summed E-state index contributed by atoms with van der Waals surface area (Å²) in [6, 6.07) is 2.76. The number of esters is 1. The van der Waals surface area contributed by atoms with E-state index >= 15 is 0 Å². The Labute approximate surface area is 138 Å². The van der Waals surface area contributed by atoms with E-state index in [1.807, 2.05) is 0 Å². The lowest BCUT2D eigenvalue weighted by Crippen LogP contribution is -2.11. The minimum Gasteiger partial charge on any atom is -0.508 e. The molecule has 0 aliphatic rings. The fourth-order valence-electron chi connectivity index (χ4n) is 2.74. The molecular weight excluding hydrogens is 296 g/mol. The Kier molecular flexibility index (Phi) is 8.48. The molecule has 0 saturated heterocycles. The van der Waals surface area contributed by atoms with Crippen molar-refractivity contribution in [2.45, 2.75) is 58.0 Å². The van der Waals surface area contributed by atoms with Gasteiger partial charge in [0.05, 0.1) is 19.6 Å². The SMILES string of the molecule is CCCCCCCC(OC)c1c(O)cc(O)cc1CC(=O)OC. The van der Waals surface area contributed by atoms with E-state index in [0.29, 0.717) is 11.1 Å². The molecule has 0 aliphatic carbocycles. The van der Waals surface area contributed by atoms with Crippen LogP contribution < -0.4 is 0 Å². The van der Waals surface area contributed by atoms with Gasteiger partial charge in [0.25, 0.3) is 0 Å². The Morgan fingerprint density at radius 3 is 2.43 bits per heavy atom. The summed E-state index contributed by atoms with van der Waals surface area (Å²) in [6.45, 7) is 2.17. The van der Waals surface area contributed by atoms with Crippen LogP contribution in [0.15, 0.2) is 12.1 Å². The van der Waals surface area contributed by atoms with Crippen LogP contribution in [0.2, 0.25) is 0 Å². The second-order valence-corrected chi connectivity index (χ2v) is 5.72. The zero-order valence-corrected chi connectivity index (χ0v) is 14.3. The van der Waals surface area contributed by atoms with Gasteiger partial charge in [-0.05, 0) is 18.1 Å². The van der Waals surface area contributed by atoms with Crippen molar-refractivity contribution in [1.29, 1.82) is 0 Å². The van der Waals surface area contributed by atoms with Gasteiger partial charge in [-0.2, -0.15) is 0 Å². The van der Waals surface area contributed by atoms with Gasteiger partial charge < -0.3 is 19.7 Å². The van der Waals surface area contributed by atoms with Crippen molar-refractivity contribution in [2.24, 2.45) is 0 Å². The largest absolute Gasteiger partial charge is 0.508 e. The van der Waals surface area contributed by atoms with Gasteiger partial charge in [0.2, 0.25) is 0 Å². The van der Waals surface area contributed by atoms with Crippen molar-refractivity contribution < 1.29 is 24.5 Å². The third-order valence-electron chi connectivity index (χ3n) is 3.97. The molecule has 0 amide bonds. The van der Waals surface area contributed by atoms with Gasteiger partial charge in [0.15, 0.2) is 0 Å². The molecule has 0 radical (unpaired) electrons. The predicted octanol–water partition coefficient (Wildman–Crippen LogP) is 3.86. The molecule has 1 rings (SSSR count). The van der Waals surface area contributed by atoms with Crippen molar-refractivity contribution in [3.8, 4) is 11.5 Å². The van der Waals surface area contributed by atoms with E-state index in [1.54, 1.807) is 7.11 Å². The summed E-state index contributed by atoms with van der Waals surface area (Å²) in [5.74, 6) is -0.554. The summed E-state index contributed by atoms with van der Waals surface area (Å²) in [7, 11) is 2.90. The number of phenols is 2. The number of unbranched alkanes of at least 4 members (excludes halogenated alkanes) is 4. The Morgan fingerprint density at radius 2 is 1.83 bits per heavy atom. The van der Waals surface area contributed by atoms with Crippen LogP contribution in [0.1, 0.15) is 62.7 Å². The standard InChI is InChI=1S/C18H28O5/c1-4-5-6-7-8-9-16(22-2)18-13(11-17(21)23-3)10-14(19)12-15(18)20/h10,12,16,19-20H,4-9,11H2,1-3H3. The number of hydrogen-bond acceptors (Lipinski definition) is 5. The lowest BCUT2D eigenvalue weighted by molar-refractivity contribution is -0.139. The number of aromatic hydroxyl groups is 2. The first kappa shape index (κ1) is 19.3. The minimum absolute atomic E-state index is 0.0104. The Balaban J connectivity index is 2.90. The highest BCUT2D eigenvalue weighted by Gasteiger charge is 2.21. The molecule has 0 spiro atoms.